The van der Waals surface area contributed by atoms with Gasteiger partial charge in [0.1, 0.15) is 10.8 Å². The fourth-order valence-electron chi connectivity index (χ4n) is 1.38. The Labute approximate surface area is 113 Å². The Bertz CT molecular complexity index is 488. The summed E-state index contributed by atoms with van der Waals surface area (Å²) in [6, 6.07) is 5.55. The first-order valence-corrected chi connectivity index (χ1v) is 6.65. The summed E-state index contributed by atoms with van der Waals surface area (Å²) in [7, 11) is 0. The molecule has 0 bridgehead atoms. The van der Waals surface area contributed by atoms with Crippen molar-refractivity contribution < 1.29 is 4.79 Å². The lowest BCUT2D eigenvalue weighted by atomic mass is 10.3. The second-order valence-electron chi connectivity index (χ2n) is 3.43. The molecule has 0 spiro atoms. The smallest absolute Gasteiger partial charge is 0.267 e. The summed E-state index contributed by atoms with van der Waals surface area (Å²) in [6.07, 6.45) is 0.825. The predicted octanol–water partition coefficient (Wildman–Crippen LogP) is 3.36. The second kappa shape index (κ2) is 5.58. The zero-order chi connectivity index (χ0) is 12.3. The number of carbonyl (C=O) groups is 1. The number of hydrogen-bond acceptors (Lipinski definition) is 2. The van der Waals surface area contributed by atoms with Crippen LogP contribution < -0.4 is 5.32 Å². The molecule has 3 nitrogen and oxygen atoms in total. The van der Waals surface area contributed by atoms with E-state index in [9.17, 15) is 4.79 Å². The number of rotatable bonds is 4. The summed E-state index contributed by atoms with van der Waals surface area (Å²) < 4.78 is 0. The molecule has 2 rings (SSSR count). The van der Waals surface area contributed by atoms with Gasteiger partial charge in [0.25, 0.3) is 5.91 Å². The van der Waals surface area contributed by atoms with Crippen molar-refractivity contribution in [3.8, 4) is 0 Å². The molecule has 0 radical (unpaired) electrons. The summed E-state index contributed by atoms with van der Waals surface area (Å²) in [5.74, 6) is -0.199. The van der Waals surface area contributed by atoms with Gasteiger partial charge < -0.3 is 10.3 Å². The van der Waals surface area contributed by atoms with Gasteiger partial charge in [0, 0.05) is 11.4 Å². The van der Waals surface area contributed by atoms with Crippen molar-refractivity contribution in [2.45, 2.75) is 6.42 Å². The summed E-state index contributed by atoms with van der Waals surface area (Å²) in [6.45, 7) is 0.591. The molecule has 0 aliphatic carbocycles. The minimum Gasteiger partial charge on any atom is -0.350 e. The van der Waals surface area contributed by atoms with Gasteiger partial charge in [-0.05, 0) is 23.9 Å². The number of amides is 1. The molecule has 2 N–H and O–H groups in total. The van der Waals surface area contributed by atoms with Crippen molar-refractivity contribution in [1.82, 2.24) is 10.3 Å². The molecule has 0 saturated carbocycles. The number of nitrogens with one attached hydrogen (secondary N) is 2. The minimum absolute atomic E-state index is 0.199. The van der Waals surface area contributed by atoms with Gasteiger partial charge in [0.15, 0.2) is 0 Å². The molecule has 2 heterocycles. The Morgan fingerprint density at radius 1 is 1.47 bits per heavy atom. The monoisotopic (exact) mass is 288 g/mol. The Morgan fingerprint density at radius 3 is 2.88 bits per heavy atom. The van der Waals surface area contributed by atoms with Crippen molar-refractivity contribution in [3.63, 3.8) is 0 Å². The number of thiophene rings is 1. The average molecular weight is 289 g/mol. The van der Waals surface area contributed by atoms with Gasteiger partial charge in [-0.3, -0.25) is 4.79 Å². The number of hydrogen-bond donors (Lipinski definition) is 2. The molecule has 2 aromatic rings. The van der Waals surface area contributed by atoms with E-state index in [1.54, 1.807) is 11.3 Å². The first kappa shape index (κ1) is 12.5. The first-order valence-electron chi connectivity index (χ1n) is 5.01. The second-order valence-corrected chi connectivity index (χ2v) is 5.25. The highest BCUT2D eigenvalue weighted by atomic mass is 35.5. The van der Waals surface area contributed by atoms with Crippen LogP contribution in [0.1, 0.15) is 15.4 Å². The molecule has 6 heteroatoms. The maximum atomic E-state index is 11.7. The third kappa shape index (κ3) is 3.25. The van der Waals surface area contributed by atoms with Crippen LogP contribution in [0.2, 0.25) is 10.2 Å². The Kier molecular flexibility index (Phi) is 4.10. The van der Waals surface area contributed by atoms with Gasteiger partial charge >= 0.3 is 0 Å². The van der Waals surface area contributed by atoms with Crippen LogP contribution in [0.4, 0.5) is 0 Å². The summed E-state index contributed by atoms with van der Waals surface area (Å²) in [5.41, 5.74) is 0.381. The molecule has 0 fully saturated rings. The van der Waals surface area contributed by atoms with E-state index in [2.05, 4.69) is 10.3 Å². The molecule has 0 saturated heterocycles. The van der Waals surface area contributed by atoms with Crippen LogP contribution in [0.5, 0.6) is 0 Å². The molecule has 1 amide bonds. The van der Waals surface area contributed by atoms with Gasteiger partial charge in [-0.15, -0.1) is 11.3 Å². The summed E-state index contributed by atoms with van der Waals surface area (Å²) in [4.78, 5) is 15.6. The van der Waals surface area contributed by atoms with Crippen LogP contribution in [0.15, 0.2) is 23.6 Å². The topological polar surface area (TPSA) is 44.9 Å². The van der Waals surface area contributed by atoms with E-state index >= 15 is 0 Å². The number of halogens is 2. The molecular formula is C11H10Cl2N2OS. The lowest BCUT2D eigenvalue weighted by Crippen LogP contribution is -2.25. The third-order valence-electron chi connectivity index (χ3n) is 2.21. The molecule has 0 aliphatic heterocycles. The Morgan fingerprint density at radius 2 is 2.29 bits per heavy atom. The van der Waals surface area contributed by atoms with E-state index in [4.69, 9.17) is 23.2 Å². The Hall–Kier alpha value is -0.970. The number of carbonyl (C=O) groups excluding carboxylic acids is 1. The minimum atomic E-state index is -0.199. The standard InChI is InChI=1S/C11H10Cl2N2OS/c12-8-6-9(15-10(8)13)11(16)14-4-3-7-2-1-5-17-7/h1-2,5-6,15H,3-4H2,(H,14,16). The summed E-state index contributed by atoms with van der Waals surface area (Å²) >= 11 is 13.1. The number of aromatic amines is 1. The van der Waals surface area contributed by atoms with Crippen LogP contribution in [0, 0.1) is 0 Å². The van der Waals surface area contributed by atoms with Crippen LogP contribution in [-0.4, -0.2) is 17.4 Å². The zero-order valence-electron chi connectivity index (χ0n) is 8.80. The van der Waals surface area contributed by atoms with Crippen molar-refractivity contribution in [2.75, 3.05) is 6.54 Å². The molecule has 0 aromatic carbocycles. The van der Waals surface area contributed by atoms with Crippen molar-refractivity contribution in [2.24, 2.45) is 0 Å². The van der Waals surface area contributed by atoms with Gasteiger partial charge in [-0.2, -0.15) is 0 Å². The fourth-order valence-corrected chi connectivity index (χ4v) is 2.40. The van der Waals surface area contributed by atoms with Gasteiger partial charge in [-0.1, -0.05) is 29.3 Å². The first-order chi connectivity index (χ1) is 8.16. The molecule has 0 unspecified atom stereocenters. The number of aromatic nitrogens is 1. The highest BCUT2D eigenvalue weighted by Gasteiger charge is 2.10. The molecule has 0 atom stereocenters. The molecule has 0 aliphatic rings. The lowest BCUT2D eigenvalue weighted by molar-refractivity contribution is 0.0950. The van der Waals surface area contributed by atoms with E-state index in [1.165, 1.54) is 10.9 Å². The van der Waals surface area contributed by atoms with Gasteiger partial charge in [0.2, 0.25) is 0 Å². The van der Waals surface area contributed by atoms with E-state index in [0.29, 0.717) is 17.3 Å². The van der Waals surface area contributed by atoms with E-state index in [-0.39, 0.29) is 11.1 Å². The Balaban J connectivity index is 1.85. The molecule has 90 valence electrons. The predicted molar refractivity (Wildman–Crippen MR) is 71.2 cm³/mol. The third-order valence-corrected chi connectivity index (χ3v) is 3.84. The molecule has 2 aromatic heterocycles. The van der Waals surface area contributed by atoms with Gasteiger partial charge in [-0.25, -0.2) is 0 Å². The van der Waals surface area contributed by atoms with E-state index in [0.717, 1.165) is 6.42 Å². The average Bonchev–Trinajstić information content (AvgIpc) is 2.90. The van der Waals surface area contributed by atoms with Crippen LogP contribution in [0.25, 0.3) is 0 Å². The molecular weight excluding hydrogens is 279 g/mol. The molecule has 17 heavy (non-hydrogen) atoms. The normalized spacial score (nSPS) is 10.5. The number of H-pyrrole nitrogens is 1. The summed E-state index contributed by atoms with van der Waals surface area (Å²) in [5, 5.41) is 5.46. The zero-order valence-corrected chi connectivity index (χ0v) is 11.1. The van der Waals surface area contributed by atoms with Crippen LogP contribution in [-0.2, 0) is 6.42 Å². The van der Waals surface area contributed by atoms with Crippen molar-refractivity contribution in [1.29, 1.82) is 0 Å². The quantitative estimate of drug-likeness (QED) is 0.890. The SMILES string of the molecule is O=C(NCCc1cccs1)c1cc(Cl)c(Cl)[nH]1. The van der Waals surface area contributed by atoms with Crippen molar-refractivity contribution in [3.05, 3.63) is 44.3 Å². The van der Waals surface area contributed by atoms with E-state index < -0.39 is 0 Å². The van der Waals surface area contributed by atoms with Crippen LogP contribution >= 0.6 is 34.5 Å². The maximum Gasteiger partial charge on any atom is 0.267 e. The maximum absolute atomic E-state index is 11.7. The highest BCUT2D eigenvalue weighted by molar-refractivity contribution is 7.09. The van der Waals surface area contributed by atoms with Gasteiger partial charge in [0.05, 0.1) is 5.02 Å². The van der Waals surface area contributed by atoms with Crippen molar-refractivity contribution >= 4 is 40.4 Å². The highest BCUT2D eigenvalue weighted by Crippen LogP contribution is 2.21. The largest absolute Gasteiger partial charge is 0.350 e. The van der Waals surface area contributed by atoms with E-state index in [1.807, 2.05) is 17.5 Å². The van der Waals surface area contributed by atoms with Crippen LogP contribution in [0.3, 0.4) is 0 Å². The fraction of sp³-hybridized carbons (Fsp3) is 0.182. The lowest BCUT2D eigenvalue weighted by Gasteiger charge is -2.01.